The molecule has 0 bridgehead atoms. The van der Waals surface area contributed by atoms with Gasteiger partial charge in [-0.15, -0.1) is 0 Å². The van der Waals surface area contributed by atoms with Gasteiger partial charge in [0.2, 0.25) is 12.7 Å². The Morgan fingerprint density at radius 1 is 1.15 bits per heavy atom. The molecule has 1 fully saturated rings. The second-order valence-electron chi connectivity index (χ2n) is 9.04. The molecular weight excluding hydrogens is 438 g/mol. The molecule has 0 radical (unpaired) electrons. The predicted octanol–water partition coefficient (Wildman–Crippen LogP) is 1.98. The van der Waals surface area contributed by atoms with E-state index in [1.54, 1.807) is 4.90 Å². The maximum Gasteiger partial charge on any atom is 0.404 e. The fraction of sp³-hybridized carbons (Fsp3) is 0.440. The van der Waals surface area contributed by atoms with E-state index >= 15 is 0 Å². The first kappa shape index (κ1) is 23.8. The zero-order valence-corrected chi connectivity index (χ0v) is 19.3. The van der Waals surface area contributed by atoms with Crippen LogP contribution in [0.1, 0.15) is 25.0 Å². The van der Waals surface area contributed by atoms with Crippen LogP contribution in [0.25, 0.3) is 0 Å². The van der Waals surface area contributed by atoms with Crippen LogP contribution in [0, 0.1) is 5.92 Å². The number of nitrogens with one attached hydrogen (secondary N) is 2. The number of amides is 2. The van der Waals surface area contributed by atoms with Gasteiger partial charge in [0.15, 0.2) is 11.5 Å². The molecule has 2 aliphatic rings. The van der Waals surface area contributed by atoms with Crippen molar-refractivity contribution >= 4 is 12.0 Å². The summed E-state index contributed by atoms with van der Waals surface area (Å²) in [5.74, 6) is 1.26. The highest BCUT2D eigenvalue weighted by Crippen LogP contribution is 2.33. The molecule has 34 heavy (non-hydrogen) atoms. The van der Waals surface area contributed by atoms with Crippen LogP contribution in [0.3, 0.4) is 0 Å². The van der Waals surface area contributed by atoms with E-state index < -0.39 is 24.3 Å². The van der Waals surface area contributed by atoms with Crippen LogP contribution in [0.15, 0.2) is 48.5 Å². The van der Waals surface area contributed by atoms with Gasteiger partial charge in [0.1, 0.15) is 6.04 Å². The Bertz CT molecular complexity index is 1010. The number of aliphatic hydroxyl groups is 1. The first-order chi connectivity index (χ1) is 16.3. The summed E-state index contributed by atoms with van der Waals surface area (Å²) in [7, 11) is 0. The quantitative estimate of drug-likeness (QED) is 0.443. The zero-order valence-electron chi connectivity index (χ0n) is 19.3. The topological polar surface area (TPSA) is 120 Å². The highest BCUT2D eigenvalue weighted by Gasteiger charge is 2.45. The summed E-state index contributed by atoms with van der Waals surface area (Å²) in [5, 5.41) is 26.1. The van der Waals surface area contributed by atoms with Gasteiger partial charge in [0.05, 0.1) is 18.3 Å². The highest BCUT2D eigenvalue weighted by molar-refractivity contribution is 5.85. The van der Waals surface area contributed by atoms with E-state index in [2.05, 4.69) is 10.6 Å². The zero-order chi connectivity index (χ0) is 24.2. The second kappa shape index (κ2) is 10.3. The van der Waals surface area contributed by atoms with Crippen molar-refractivity contribution in [2.45, 2.75) is 51.0 Å². The van der Waals surface area contributed by atoms with Gasteiger partial charge in [0, 0.05) is 6.54 Å². The minimum Gasteiger partial charge on any atom is -0.465 e. The van der Waals surface area contributed by atoms with Crippen LogP contribution in [0.4, 0.5) is 4.79 Å². The highest BCUT2D eigenvalue weighted by atomic mass is 16.7. The van der Waals surface area contributed by atoms with Gasteiger partial charge < -0.3 is 29.9 Å². The number of nitrogens with zero attached hydrogens (tertiary/aromatic N) is 1. The minimum atomic E-state index is -1.24. The Morgan fingerprint density at radius 3 is 2.59 bits per heavy atom. The van der Waals surface area contributed by atoms with Gasteiger partial charge in [-0.2, -0.15) is 0 Å². The normalized spacial score (nSPS) is 21.1. The number of hydrogen-bond acceptors (Lipinski definition) is 6. The molecule has 2 aliphatic heterocycles. The molecule has 0 aliphatic carbocycles. The summed E-state index contributed by atoms with van der Waals surface area (Å²) in [4.78, 5) is 26.6. The fourth-order valence-corrected chi connectivity index (χ4v) is 4.57. The summed E-state index contributed by atoms with van der Waals surface area (Å²) in [6.07, 6.45) is -1.88. The number of carbonyl (C=O) groups is 2. The monoisotopic (exact) mass is 469 g/mol. The molecule has 0 aromatic heterocycles. The Balaban J connectivity index is 1.47. The number of aliphatic hydroxyl groups excluding tert-OH is 1. The maximum absolute atomic E-state index is 13.4. The van der Waals surface area contributed by atoms with Crippen LogP contribution in [-0.4, -0.2) is 64.8 Å². The molecule has 2 aromatic carbocycles. The first-order valence-electron chi connectivity index (χ1n) is 11.5. The van der Waals surface area contributed by atoms with Gasteiger partial charge in [-0.25, -0.2) is 4.79 Å². The number of carbonyl (C=O) groups excluding carboxylic acids is 1. The van der Waals surface area contributed by atoms with Crippen LogP contribution in [0.2, 0.25) is 0 Å². The third-order valence-corrected chi connectivity index (χ3v) is 6.31. The number of hydrogen-bond donors (Lipinski definition) is 4. The Hall–Kier alpha value is -3.30. The Labute approximate surface area is 198 Å². The third-order valence-electron chi connectivity index (χ3n) is 6.31. The molecule has 2 amide bonds. The molecule has 4 N–H and O–H groups in total. The standard InChI is InChI=1S/C25H31N3O6/c1-15(2)23-27-21(22(29)18(26-25(31)32)12-16-6-4-3-5-7-16)24(30)28(23)11-10-17-8-9-19-20(13-17)34-14-33-19/h3-9,13,15,18,21-23,26-27,29H,10-12,14H2,1-2H3,(H,31,32)/t18-,21-,22+,23?/m0/s1. The summed E-state index contributed by atoms with van der Waals surface area (Å²) < 4.78 is 10.8. The average Bonchev–Trinajstić information content (AvgIpc) is 3.41. The molecule has 1 saturated heterocycles. The maximum atomic E-state index is 13.4. The number of rotatable bonds is 9. The van der Waals surface area contributed by atoms with E-state index in [1.807, 2.05) is 62.4 Å². The summed E-state index contributed by atoms with van der Waals surface area (Å²) in [5.41, 5.74) is 1.88. The van der Waals surface area contributed by atoms with Gasteiger partial charge in [-0.3, -0.25) is 10.1 Å². The van der Waals surface area contributed by atoms with Crippen molar-refractivity contribution in [1.29, 1.82) is 0 Å². The number of ether oxygens (including phenoxy) is 2. The van der Waals surface area contributed by atoms with Crippen molar-refractivity contribution in [2.75, 3.05) is 13.3 Å². The van der Waals surface area contributed by atoms with Crippen molar-refractivity contribution in [3.8, 4) is 11.5 Å². The Kier molecular flexibility index (Phi) is 7.23. The van der Waals surface area contributed by atoms with E-state index in [0.29, 0.717) is 24.5 Å². The lowest BCUT2D eigenvalue weighted by atomic mass is 9.96. The molecule has 0 saturated carbocycles. The van der Waals surface area contributed by atoms with Gasteiger partial charge in [-0.1, -0.05) is 50.2 Å². The van der Waals surface area contributed by atoms with Crippen molar-refractivity contribution in [1.82, 2.24) is 15.5 Å². The van der Waals surface area contributed by atoms with Gasteiger partial charge >= 0.3 is 6.09 Å². The van der Waals surface area contributed by atoms with E-state index in [-0.39, 0.29) is 31.2 Å². The molecule has 2 heterocycles. The average molecular weight is 470 g/mol. The van der Waals surface area contributed by atoms with E-state index in [1.165, 1.54) is 0 Å². The van der Waals surface area contributed by atoms with Crippen LogP contribution in [-0.2, 0) is 17.6 Å². The molecule has 9 nitrogen and oxygen atoms in total. The van der Waals surface area contributed by atoms with Crippen molar-refractivity contribution in [3.05, 3.63) is 59.7 Å². The molecule has 2 aromatic rings. The second-order valence-corrected chi connectivity index (χ2v) is 9.04. The fourth-order valence-electron chi connectivity index (χ4n) is 4.57. The van der Waals surface area contributed by atoms with E-state index in [9.17, 15) is 19.8 Å². The molecule has 0 spiro atoms. The van der Waals surface area contributed by atoms with Crippen LogP contribution in [0.5, 0.6) is 11.5 Å². The summed E-state index contributed by atoms with van der Waals surface area (Å²) in [6, 6.07) is 13.3. The SMILES string of the molecule is CC(C)C1N[C@@H]([C@H](O)[C@H](Cc2ccccc2)NC(=O)O)C(=O)N1CCc1ccc2c(c1)OCO2. The molecule has 4 atom stereocenters. The van der Waals surface area contributed by atoms with E-state index in [4.69, 9.17) is 9.47 Å². The number of fused-ring (bicyclic) bond motifs is 1. The predicted molar refractivity (Wildman–Crippen MR) is 125 cm³/mol. The Morgan fingerprint density at radius 2 is 1.88 bits per heavy atom. The largest absolute Gasteiger partial charge is 0.465 e. The van der Waals surface area contributed by atoms with Gasteiger partial charge in [-0.05, 0) is 42.0 Å². The molecule has 1 unspecified atom stereocenters. The molecule has 182 valence electrons. The van der Waals surface area contributed by atoms with Crippen molar-refractivity contribution < 1.29 is 29.3 Å². The lowest BCUT2D eigenvalue weighted by Crippen LogP contribution is -2.55. The van der Waals surface area contributed by atoms with Crippen molar-refractivity contribution in [3.63, 3.8) is 0 Å². The summed E-state index contributed by atoms with van der Waals surface area (Å²) in [6.45, 7) is 4.67. The third kappa shape index (κ3) is 5.26. The lowest BCUT2D eigenvalue weighted by molar-refractivity contribution is -0.132. The number of carboxylic acid groups (broad SMARTS) is 1. The molecule has 4 rings (SSSR count). The van der Waals surface area contributed by atoms with Crippen LogP contribution < -0.4 is 20.1 Å². The lowest BCUT2D eigenvalue weighted by Gasteiger charge is -2.27. The smallest absolute Gasteiger partial charge is 0.404 e. The van der Waals surface area contributed by atoms with E-state index in [0.717, 1.165) is 11.1 Å². The van der Waals surface area contributed by atoms with Gasteiger partial charge in [0.25, 0.3) is 0 Å². The first-order valence-corrected chi connectivity index (χ1v) is 11.5. The number of benzene rings is 2. The molecule has 9 heteroatoms. The molecular formula is C25H31N3O6. The minimum absolute atomic E-state index is 0.0953. The van der Waals surface area contributed by atoms with Crippen molar-refractivity contribution in [2.24, 2.45) is 5.92 Å². The van der Waals surface area contributed by atoms with Crippen LogP contribution >= 0.6 is 0 Å². The summed E-state index contributed by atoms with van der Waals surface area (Å²) >= 11 is 0.